The van der Waals surface area contributed by atoms with E-state index in [-0.39, 0.29) is 18.3 Å². The third kappa shape index (κ3) is 5.41. The van der Waals surface area contributed by atoms with Crippen LogP contribution in [0.1, 0.15) is 17.2 Å². The van der Waals surface area contributed by atoms with Crippen molar-refractivity contribution in [1.29, 1.82) is 0 Å². The lowest BCUT2D eigenvalue weighted by molar-refractivity contribution is -0.384. The molecule has 0 aliphatic carbocycles. The summed E-state index contributed by atoms with van der Waals surface area (Å²) in [4.78, 5) is 25.4. The number of fused-ring (bicyclic) bond motifs is 1. The average Bonchev–Trinajstić information content (AvgIpc) is 2.87. The zero-order chi connectivity index (χ0) is 24.9. The van der Waals surface area contributed by atoms with Gasteiger partial charge in [-0.05, 0) is 66.1 Å². The molecule has 1 aliphatic heterocycles. The molecule has 1 unspecified atom stereocenters. The van der Waals surface area contributed by atoms with Gasteiger partial charge in [-0.2, -0.15) is 0 Å². The number of ether oxygens (including phenoxy) is 3. The van der Waals surface area contributed by atoms with Crippen LogP contribution in [0.2, 0.25) is 5.02 Å². The molecule has 3 aromatic rings. The molecule has 0 fully saturated rings. The normalized spacial score (nSPS) is 14.6. The van der Waals surface area contributed by atoms with Crippen molar-refractivity contribution in [3.63, 3.8) is 0 Å². The number of hydrogen-bond acceptors (Lipinski definition) is 6. The Hall–Kier alpha value is -3.98. The van der Waals surface area contributed by atoms with Gasteiger partial charge < -0.3 is 24.4 Å². The molecule has 1 N–H and O–H groups in total. The molecule has 0 spiro atoms. The van der Waals surface area contributed by atoms with Gasteiger partial charge in [-0.3, -0.25) is 10.1 Å². The summed E-state index contributed by atoms with van der Waals surface area (Å²) in [5, 5.41) is 14.4. The summed E-state index contributed by atoms with van der Waals surface area (Å²) < 4.78 is 16.9. The highest BCUT2D eigenvalue weighted by atomic mass is 35.5. The highest BCUT2D eigenvalue weighted by Crippen LogP contribution is 2.38. The predicted molar refractivity (Wildman–Crippen MR) is 132 cm³/mol. The van der Waals surface area contributed by atoms with Crippen LogP contribution in [0.5, 0.6) is 17.2 Å². The molecule has 4 rings (SSSR count). The Balaban J connectivity index is 1.62. The van der Waals surface area contributed by atoms with Crippen molar-refractivity contribution in [1.82, 2.24) is 4.90 Å². The number of carbonyl (C=O) groups excluding carboxylic acids is 1. The summed E-state index contributed by atoms with van der Waals surface area (Å²) in [6.45, 7) is 0.588. The number of non-ortho nitro benzene ring substituents is 1. The standard InChI is InChI=1S/C25H24ClN3O6/c1-33-23-13-16-11-12-28(25(30)27-18-5-3-17(26)4-6-18)22(21(16)14-24(23)34-2)15-35-20-9-7-19(8-10-20)29(31)32/h3-10,13-14,22H,11-12,15H2,1-2H3,(H,27,30). The van der Waals surface area contributed by atoms with Crippen LogP contribution in [0.25, 0.3) is 0 Å². The van der Waals surface area contributed by atoms with Gasteiger partial charge in [-0.1, -0.05) is 11.6 Å². The minimum absolute atomic E-state index is 0.0267. The molecule has 0 radical (unpaired) electrons. The van der Waals surface area contributed by atoms with E-state index in [1.54, 1.807) is 43.4 Å². The van der Waals surface area contributed by atoms with Crippen LogP contribution in [-0.4, -0.2) is 43.2 Å². The monoisotopic (exact) mass is 497 g/mol. The molecule has 3 aromatic carbocycles. The maximum Gasteiger partial charge on any atom is 0.322 e. The molecule has 35 heavy (non-hydrogen) atoms. The lowest BCUT2D eigenvalue weighted by Crippen LogP contribution is -2.44. The molecule has 0 saturated carbocycles. The first-order valence-electron chi connectivity index (χ1n) is 10.8. The first kappa shape index (κ1) is 24.2. The molecule has 1 heterocycles. The number of anilines is 1. The number of urea groups is 1. The number of hydrogen-bond donors (Lipinski definition) is 1. The van der Waals surface area contributed by atoms with Gasteiger partial charge in [0.15, 0.2) is 11.5 Å². The van der Waals surface area contributed by atoms with Crippen molar-refractivity contribution < 1.29 is 23.9 Å². The fraction of sp³-hybridized carbons (Fsp3) is 0.240. The van der Waals surface area contributed by atoms with E-state index in [0.717, 1.165) is 11.1 Å². The van der Waals surface area contributed by atoms with E-state index in [9.17, 15) is 14.9 Å². The molecule has 9 nitrogen and oxygen atoms in total. The van der Waals surface area contributed by atoms with E-state index < -0.39 is 11.0 Å². The summed E-state index contributed by atoms with van der Waals surface area (Å²) in [6, 6.07) is 15.7. The Bertz CT molecular complexity index is 1220. The van der Waals surface area contributed by atoms with Crippen LogP contribution in [0.4, 0.5) is 16.2 Å². The van der Waals surface area contributed by atoms with E-state index in [1.807, 2.05) is 12.1 Å². The minimum Gasteiger partial charge on any atom is -0.493 e. The van der Waals surface area contributed by atoms with Crippen LogP contribution in [0, 0.1) is 10.1 Å². The lowest BCUT2D eigenvalue weighted by atomic mass is 9.92. The molecule has 2 amide bonds. The van der Waals surface area contributed by atoms with E-state index in [4.69, 9.17) is 25.8 Å². The summed E-state index contributed by atoms with van der Waals surface area (Å²) in [5.74, 6) is 1.62. The lowest BCUT2D eigenvalue weighted by Gasteiger charge is -2.37. The Labute approximate surface area is 207 Å². The quantitative estimate of drug-likeness (QED) is 0.342. The number of amides is 2. The number of nitrogens with zero attached hydrogens (tertiary/aromatic N) is 2. The fourth-order valence-electron chi connectivity index (χ4n) is 4.02. The van der Waals surface area contributed by atoms with E-state index >= 15 is 0 Å². The van der Waals surface area contributed by atoms with Gasteiger partial charge in [0.1, 0.15) is 12.4 Å². The third-order valence-electron chi connectivity index (χ3n) is 5.81. The highest BCUT2D eigenvalue weighted by molar-refractivity contribution is 6.30. The van der Waals surface area contributed by atoms with Crippen LogP contribution in [0.15, 0.2) is 60.7 Å². The Morgan fingerprint density at radius 2 is 1.74 bits per heavy atom. The number of methoxy groups -OCH3 is 2. The molecule has 182 valence electrons. The number of nitrogens with one attached hydrogen (secondary N) is 1. The molecule has 1 atom stereocenters. The molecule has 10 heteroatoms. The maximum absolute atomic E-state index is 13.3. The molecular weight excluding hydrogens is 474 g/mol. The molecular formula is C25H24ClN3O6. The average molecular weight is 498 g/mol. The second-order valence-corrected chi connectivity index (χ2v) is 8.30. The van der Waals surface area contributed by atoms with Crippen molar-refractivity contribution in [2.45, 2.75) is 12.5 Å². The van der Waals surface area contributed by atoms with Gasteiger partial charge in [-0.15, -0.1) is 0 Å². The zero-order valence-corrected chi connectivity index (χ0v) is 19.9. The Kier molecular flexibility index (Phi) is 7.26. The number of nitro benzene ring substituents is 1. The van der Waals surface area contributed by atoms with Crippen LogP contribution < -0.4 is 19.5 Å². The van der Waals surface area contributed by atoms with Gasteiger partial charge in [0, 0.05) is 29.4 Å². The van der Waals surface area contributed by atoms with Crippen molar-refractivity contribution in [3.05, 3.63) is 86.9 Å². The van der Waals surface area contributed by atoms with E-state index in [0.29, 0.717) is 40.9 Å². The summed E-state index contributed by atoms with van der Waals surface area (Å²) in [6.07, 6.45) is 0.623. The first-order chi connectivity index (χ1) is 16.9. The maximum atomic E-state index is 13.3. The Morgan fingerprint density at radius 1 is 1.09 bits per heavy atom. The molecule has 0 saturated heterocycles. The predicted octanol–water partition coefficient (Wildman–Crippen LogP) is 5.48. The third-order valence-corrected chi connectivity index (χ3v) is 6.07. The van der Waals surface area contributed by atoms with Gasteiger partial charge >= 0.3 is 6.03 Å². The number of carbonyl (C=O) groups is 1. The molecule has 0 aromatic heterocycles. The smallest absolute Gasteiger partial charge is 0.322 e. The summed E-state index contributed by atoms with van der Waals surface area (Å²) in [7, 11) is 3.13. The van der Waals surface area contributed by atoms with Crippen molar-refractivity contribution in [2.75, 3.05) is 32.7 Å². The fourth-order valence-corrected chi connectivity index (χ4v) is 4.14. The molecule has 1 aliphatic rings. The number of benzene rings is 3. The topological polar surface area (TPSA) is 103 Å². The van der Waals surface area contributed by atoms with Crippen molar-refractivity contribution >= 4 is 29.0 Å². The SMILES string of the molecule is COc1cc2c(cc1OC)C(COc1ccc([N+](=O)[O-])cc1)N(C(=O)Nc1ccc(Cl)cc1)CC2. The van der Waals surface area contributed by atoms with E-state index in [2.05, 4.69) is 5.32 Å². The number of rotatable bonds is 7. The molecule has 0 bridgehead atoms. The van der Waals surface area contributed by atoms with Crippen molar-refractivity contribution in [3.8, 4) is 17.2 Å². The van der Waals surface area contributed by atoms with Gasteiger partial charge in [0.05, 0.1) is 25.2 Å². The van der Waals surface area contributed by atoms with Crippen LogP contribution in [-0.2, 0) is 6.42 Å². The Morgan fingerprint density at radius 3 is 2.37 bits per heavy atom. The number of nitro groups is 1. The van der Waals surface area contributed by atoms with Crippen LogP contribution >= 0.6 is 11.6 Å². The summed E-state index contributed by atoms with van der Waals surface area (Å²) in [5.41, 5.74) is 2.49. The zero-order valence-electron chi connectivity index (χ0n) is 19.2. The minimum atomic E-state index is -0.469. The van der Waals surface area contributed by atoms with E-state index in [1.165, 1.54) is 24.3 Å². The van der Waals surface area contributed by atoms with Gasteiger partial charge in [0.25, 0.3) is 5.69 Å². The number of halogens is 1. The first-order valence-corrected chi connectivity index (χ1v) is 11.2. The largest absolute Gasteiger partial charge is 0.493 e. The van der Waals surface area contributed by atoms with Crippen LogP contribution in [0.3, 0.4) is 0 Å². The highest BCUT2D eigenvalue weighted by Gasteiger charge is 2.33. The van der Waals surface area contributed by atoms with Gasteiger partial charge in [0.2, 0.25) is 0 Å². The van der Waals surface area contributed by atoms with Gasteiger partial charge in [-0.25, -0.2) is 4.79 Å². The van der Waals surface area contributed by atoms with Crippen molar-refractivity contribution in [2.24, 2.45) is 0 Å². The second kappa shape index (κ2) is 10.5. The summed E-state index contributed by atoms with van der Waals surface area (Å²) >= 11 is 5.96. The second-order valence-electron chi connectivity index (χ2n) is 7.86.